The number of rotatable bonds is 4. The van der Waals surface area contributed by atoms with Crippen molar-refractivity contribution in [1.29, 1.82) is 0 Å². The predicted molar refractivity (Wildman–Crippen MR) is 146 cm³/mol. The van der Waals surface area contributed by atoms with Crippen LogP contribution in [0.4, 0.5) is 17.1 Å². The molecule has 7 nitrogen and oxygen atoms in total. The number of ketones is 1. The number of halogens is 2. The highest BCUT2D eigenvalue weighted by molar-refractivity contribution is 6.30. The lowest BCUT2D eigenvalue weighted by molar-refractivity contribution is -0.115. The van der Waals surface area contributed by atoms with E-state index in [1.807, 2.05) is 36.4 Å². The quantitative estimate of drug-likeness (QED) is 0.330. The van der Waals surface area contributed by atoms with Crippen LogP contribution >= 0.6 is 23.2 Å². The van der Waals surface area contributed by atoms with Gasteiger partial charge < -0.3 is 16.0 Å². The van der Waals surface area contributed by atoms with Crippen molar-refractivity contribution in [2.24, 2.45) is 0 Å². The van der Waals surface area contributed by atoms with E-state index in [1.54, 1.807) is 18.2 Å². The zero-order valence-corrected chi connectivity index (χ0v) is 21.4. The number of carbonyl (C=O) groups excluding carboxylic acids is 4. The van der Waals surface area contributed by atoms with Crippen LogP contribution in [0.3, 0.4) is 0 Å². The highest BCUT2D eigenvalue weighted by atomic mass is 35.5. The molecule has 0 fully saturated rings. The van der Waals surface area contributed by atoms with Crippen molar-refractivity contribution in [2.75, 3.05) is 27.7 Å². The molecule has 190 valence electrons. The van der Waals surface area contributed by atoms with E-state index in [-0.39, 0.29) is 29.4 Å². The van der Waals surface area contributed by atoms with Gasteiger partial charge in [0.1, 0.15) is 0 Å². The molecule has 0 saturated carbocycles. The Bertz CT molecular complexity index is 1350. The highest BCUT2D eigenvalue weighted by Crippen LogP contribution is 2.25. The molecule has 3 aromatic carbocycles. The van der Waals surface area contributed by atoms with Crippen molar-refractivity contribution < 1.29 is 19.2 Å². The van der Waals surface area contributed by atoms with E-state index in [9.17, 15) is 19.2 Å². The molecule has 37 heavy (non-hydrogen) atoms. The third-order valence-electron chi connectivity index (χ3n) is 5.99. The van der Waals surface area contributed by atoms with Crippen molar-refractivity contribution in [3.05, 3.63) is 88.5 Å². The topological polar surface area (TPSA) is 104 Å². The van der Waals surface area contributed by atoms with E-state index < -0.39 is 0 Å². The van der Waals surface area contributed by atoms with Crippen LogP contribution in [0.2, 0.25) is 0 Å². The number of Topliss-reactive ketones (excluding diaryl/α,β-unsaturated/α-hetero) is 1. The van der Waals surface area contributed by atoms with Crippen molar-refractivity contribution in [3.63, 3.8) is 0 Å². The first kappa shape index (κ1) is 26.4. The minimum atomic E-state index is -0.117. The van der Waals surface area contributed by atoms with Crippen LogP contribution in [-0.4, -0.2) is 35.3 Å². The van der Waals surface area contributed by atoms with Gasteiger partial charge >= 0.3 is 0 Å². The number of hydrogen-bond acceptors (Lipinski definition) is 4. The summed E-state index contributed by atoms with van der Waals surface area (Å²) in [4.78, 5) is 44.1. The van der Waals surface area contributed by atoms with Gasteiger partial charge in [-0.1, -0.05) is 30.3 Å². The van der Waals surface area contributed by atoms with Crippen molar-refractivity contribution in [2.45, 2.75) is 25.7 Å². The second-order valence-electron chi connectivity index (χ2n) is 8.69. The Labute approximate surface area is 224 Å². The van der Waals surface area contributed by atoms with E-state index in [4.69, 9.17) is 23.2 Å². The number of alkyl halides is 2. The van der Waals surface area contributed by atoms with Crippen LogP contribution in [0.5, 0.6) is 0 Å². The monoisotopic (exact) mass is 537 g/mol. The standard InChI is InChI=1S/C10H8ClNO2.C10H10ClNO.C8H7NO/c11-5-9(13)6-1-2-8-7(3-6)4-10(14)12-8;11-4-3-7-1-2-9-8(5-7)6-10(13)12-9;10-8-5-6-3-1-2-4-7(6)9-8/h1-3H,4-5H2,(H,12,14);1-2,5H,3-4,6H2,(H,12,13);1-4H,5H2,(H,9,10). The molecule has 0 saturated heterocycles. The molecule has 3 aliphatic rings. The van der Waals surface area contributed by atoms with Gasteiger partial charge in [0.2, 0.25) is 17.7 Å². The maximum absolute atomic E-state index is 11.3. The largest absolute Gasteiger partial charge is 0.326 e. The molecule has 3 aliphatic heterocycles. The van der Waals surface area contributed by atoms with E-state index in [0.717, 1.165) is 40.2 Å². The second kappa shape index (κ2) is 12.0. The molecule has 3 aromatic rings. The maximum Gasteiger partial charge on any atom is 0.228 e. The lowest BCUT2D eigenvalue weighted by Crippen LogP contribution is -2.03. The molecule has 0 spiro atoms. The first-order valence-electron chi connectivity index (χ1n) is 11.7. The smallest absolute Gasteiger partial charge is 0.228 e. The molecular weight excluding hydrogens is 513 g/mol. The number of benzene rings is 3. The summed E-state index contributed by atoms with van der Waals surface area (Å²) in [5.41, 5.74) is 7.53. The Balaban J connectivity index is 0.000000131. The van der Waals surface area contributed by atoms with Crippen molar-refractivity contribution in [1.82, 2.24) is 0 Å². The summed E-state index contributed by atoms with van der Waals surface area (Å²) in [6, 6.07) is 18.9. The molecule has 3 heterocycles. The molecule has 6 rings (SSSR count). The first-order chi connectivity index (χ1) is 17.9. The summed E-state index contributed by atoms with van der Waals surface area (Å²) in [6.07, 6.45) is 2.25. The summed E-state index contributed by atoms with van der Waals surface area (Å²) < 4.78 is 0. The van der Waals surface area contributed by atoms with Gasteiger partial charge in [0.05, 0.1) is 25.1 Å². The summed E-state index contributed by atoms with van der Waals surface area (Å²) in [5, 5.41) is 8.25. The molecule has 9 heteroatoms. The molecule has 0 atom stereocenters. The zero-order valence-electron chi connectivity index (χ0n) is 19.9. The molecule has 0 radical (unpaired) electrons. The van der Waals surface area contributed by atoms with Gasteiger partial charge in [-0.2, -0.15) is 0 Å². The van der Waals surface area contributed by atoms with Gasteiger partial charge in [-0.25, -0.2) is 0 Å². The predicted octanol–water partition coefficient (Wildman–Crippen LogP) is 4.75. The van der Waals surface area contributed by atoms with Gasteiger partial charge in [0.15, 0.2) is 5.78 Å². The minimum Gasteiger partial charge on any atom is -0.326 e. The summed E-state index contributed by atoms with van der Waals surface area (Å²) in [6.45, 7) is 0. The molecule has 3 N–H and O–H groups in total. The number of para-hydroxylation sites is 1. The molecule has 0 unspecified atom stereocenters. The number of aryl methyl sites for hydroxylation is 1. The number of hydrogen-bond donors (Lipinski definition) is 3. The zero-order chi connectivity index (χ0) is 26.4. The van der Waals surface area contributed by atoms with Gasteiger partial charge in [-0.05, 0) is 59.0 Å². The normalized spacial score (nSPS) is 14.1. The van der Waals surface area contributed by atoms with Crippen LogP contribution < -0.4 is 16.0 Å². The Morgan fingerprint density at radius 1 is 0.676 bits per heavy atom. The fourth-order valence-electron chi connectivity index (χ4n) is 4.19. The lowest BCUT2D eigenvalue weighted by atomic mass is 10.1. The molecule has 3 amide bonds. The van der Waals surface area contributed by atoms with Gasteiger partial charge in [-0.3, -0.25) is 19.2 Å². The highest BCUT2D eigenvalue weighted by Gasteiger charge is 2.19. The second-order valence-corrected chi connectivity index (χ2v) is 9.34. The minimum absolute atomic E-state index is 0.0276. The molecule has 0 bridgehead atoms. The Morgan fingerprint density at radius 2 is 1.22 bits per heavy atom. The summed E-state index contributed by atoms with van der Waals surface area (Å²) in [7, 11) is 0. The van der Waals surface area contributed by atoms with Gasteiger partial charge in [0.25, 0.3) is 0 Å². The van der Waals surface area contributed by atoms with E-state index in [0.29, 0.717) is 30.7 Å². The average Bonchev–Trinajstić information content (AvgIpc) is 3.57. The van der Waals surface area contributed by atoms with Gasteiger partial charge in [-0.15, -0.1) is 23.2 Å². The lowest BCUT2D eigenvalue weighted by Gasteiger charge is -2.01. The fraction of sp³-hybridized carbons (Fsp3) is 0.214. The average molecular weight is 538 g/mol. The third kappa shape index (κ3) is 6.76. The van der Waals surface area contributed by atoms with Crippen LogP contribution in [0.15, 0.2) is 60.7 Å². The summed E-state index contributed by atoms with van der Waals surface area (Å²) in [5.74, 6) is 0.629. The van der Waals surface area contributed by atoms with E-state index in [1.165, 1.54) is 5.56 Å². The fourth-order valence-corrected chi connectivity index (χ4v) is 4.56. The number of nitrogens with one attached hydrogen (secondary N) is 3. The third-order valence-corrected chi connectivity index (χ3v) is 6.43. The van der Waals surface area contributed by atoms with Gasteiger partial charge in [0, 0.05) is 28.5 Å². The van der Waals surface area contributed by atoms with Crippen molar-refractivity contribution in [3.8, 4) is 0 Å². The van der Waals surface area contributed by atoms with E-state index >= 15 is 0 Å². The number of anilines is 3. The van der Waals surface area contributed by atoms with Crippen LogP contribution in [0.1, 0.15) is 32.6 Å². The first-order valence-corrected chi connectivity index (χ1v) is 12.8. The maximum atomic E-state index is 11.3. The van der Waals surface area contributed by atoms with Crippen molar-refractivity contribution >= 4 is 63.8 Å². The van der Waals surface area contributed by atoms with Crippen LogP contribution in [0.25, 0.3) is 0 Å². The van der Waals surface area contributed by atoms with E-state index in [2.05, 4.69) is 22.0 Å². The SMILES string of the molecule is O=C1Cc2cc(C(=O)CCl)ccc2N1.O=C1Cc2cc(CCCl)ccc2N1.O=C1Cc2ccccc2N1. The molecular formula is C28H25Cl2N3O4. The number of amides is 3. The Hall–Kier alpha value is -3.68. The Kier molecular flexibility index (Phi) is 8.58. The molecule has 0 aromatic heterocycles. The molecule has 0 aliphatic carbocycles. The Morgan fingerprint density at radius 3 is 1.81 bits per heavy atom. The number of carbonyl (C=O) groups is 4. The number of fused-ring (bicyclic) bond motifs is 3. The summed E-state index contributed by atoms with van der Waals surface area (Å²) >= 11 is 11.1. The van der Waals surface area contributed by atoms with Crippen LogP contribution in [0, 0.1) is 0 Å². The van der Waals surface area contributed by atoms with Crippen LogP contribution in [-0.2, 0) is 40.1 Å².